The van der Waals surface area contributed by atoms with E-state index < -0.39 is 23.2 Å². The smallest absolute Gasteiger partial charge is 0.433 e. The van der Waals surface area contributed by atoms with Gasteiger partial charge >= 0.3 is 11.7 Å². The van der Waals surface area contributed by atoms with Gasteiger partial charge in [0.25, 0.3) is 0 Å². The second-order valence-corrected chi connectivity index (χ2v) is 5.07. The summed E-state index contributed by atoms with van der Waals surface area (Å²) in [6.45, 7) is 0.152. The number of hydrogen-bond donors (Lipinski definition) is 1. The first-order chi connectivity index (χ1) is 11.8. The number of hydrogen-bond acceptors (Lipinski definition) is 6. The fourth-order valence-electron chi connectivity index (χ4n) is 2.05. The summed E-state index contributed by atoms with van der Waals surface area (Å²) in [7, 11) is 2.80. The topological polar surface area (TPSA) is 86.5 Å². The van der Waals surface area contributed by atoms with E-state index in [-0.39, 0.29) is 36.6 Å². The number of halogens is 3. The third-order valence-electron chi connectivity index (χ3n) is 3.34. The van der Waals surface area contributed by atoms with E-state index in [1.165, 1.54) is 20.4 Å². The maximum absolute atomic E-state index is 12.9. The normalized spacial score (nSPS) is 11.7. The van der Waals surface area contributed by atoms with Gasteiger partial charge in [-0.15, -0.1) is 0 Å². The zero-order valence-corrected chi connectivity index (χ0v) is 13.5. The molecule has 0 aliphatic heterocycles. The molecule has 0 unspecified atom stereocenters. The van der Waals surface area contributed by atoms with Crippen molar-refractivity contribution in [3.05, 3.63) is 40.1 Å². The van der Waals surface area contributed by atoms with Crippen molar-refractivity contribution in [1.82, 2.24) is 14.8 Å². The van der Waals surface area contributed by atoms with Crippen LogP contribution in [0.5, 0.6) is 5.75 Å². The van der Waals surface area contributed by atoms with E-state index in [0.717, 1.165) is 16.8 Å². The molecule has 2 heterocycles. The molecule has 2 rings (SSSR count). The lowest BCUT2D eigenvalue weighted by Crippen LogP contribution is -2.19. The Morgan fingerprint density at radius 1 is 1.24 bits per heavy atom. The lowest BCUT2D eigenvalue weighted by molar-refractivity contribution is -0.141. The Labute approximate surface area is 140 Å². The predicted octanol–water partition coefficient (Wildman–Crippen LogP) is 1.73. The average Bonchev–Trinajstić information content (AvgIpc) is 2.56. The minimum atomic E-state index is -4.63. The second kappa shape index (κ2) is 7.62. The van der Waals surface area contributed by atoms with Crippen LogP contribution in [0.3, 0.4) is 0 Å². The quantitative estimate of drug-likeness (QED) is 0.791. The standard InChI is InChI=1S/C15H16F3N3O4/c1-21-14(23)13(22)10(7-19-21)9-3-4-12(15(16,17)18)20-11(9)8-25-6-5-24-2/h3-4,7,22H,5-6,8H2,1-2H3. The van der Waals surface area contributed by atoms with Crippen LogP contribution in [0, 0.1) is 0 Å². The highest BCUT2D eigenvalue weighted by molar-refractivity contribution is 5.70. The second-order valence-electron chi connectivity index (χ2n) is 5.07. The first-order valence-corrected chi connectivity index (χ1v) is 7.15. The van der Waals surface area contributed by atoms with E-state index in [2.05, 4.69) is 10.1 Å². The van der Waals surface area contributed by atoms with E-state index in [4.69, 9.17) is 9.47 Å². The highest BCUT2D eigenvalue weighted by Gasteiger charge is 2.33. The first kappa shape index (κ1) is 18.9. The Balaban J connectivity index is 2.49. The fourth-order valence-corrected chi connectivity index (χ4v) is 2.05. The molecule has 0 fully saturated rings. The third kappa shape index (κ3) is 4.34. The van der Waals surface area contributed by atoms with Crippen molar-refractivity contribution in [1.29, 1.82) is 0 Å². The van der Waals surface area contributed by atoms with E-state index in [1.807, 2.05) is 0 Å². The largest absolute Gasteiger partial charge is 0.503 e. The molecule has 2 aromatic heterocycles. The summed E-state index contributed by atoms with van der Waals surface area (Å²) in [5.74, 6) is -0.628. The molecule has 1 N–H and O–H groups in total. The SMILES string of the molecule is COCCOCc1nc(C(F)(F)F)ccc1-c1cnn(C)c(=O)c1O. The molecular weight excluding hydrogens is 343 g/mol. The van der Waals surface area contributed by atoms with E-state index in [0.29, 0.717) is 0 Å². The highest BCUT2D eigenvalue weighted by atomic mass is 19.4. The number of aryl methyl sites for hydroxylation is 1. The van der Waals surface area contributed by atoms with Gasteiger partial charge in [-0.3, -0.25) is 4.79 Å². The van der Waals surface area contributed by atoms with Crippen molar-refractivity contribution in [3.63, 3.8) is 0 Å². The molecule has 0 aliphatic carbocycles. The van der Waals surface area contributed by atoms with Gasteiger partial charge in [0.05, 0.1) is 37.3 Å². The number of aromatic hydroxyl groups is 1. The maximum Gasteiger partial charge on any atom is 0.433 e. The van der Waals surface area contributed by atoms with Gasteiger partial charge in [0, 0.05) is 19.7 Å². The summed E-state index contributed by atoms with van der Waals surface area (Å²) in [4.78, 5) is 15.4. The number of pyridine rings is 1. The lowest BCUT2D eigenvalue weighted by Gasteiger charge is -2.14. The summed E-state index contributed by atoms with van der Waals surface area (Å²) in [6.07, 6.45) is -3.45. The van der Waals surface area contributed by atoms with Crippen molar-refractivity contribution < 1.29 is 27.8 Å². The molecule has 0 radical (unpaired) electrons. The number of nitrogens with zero attached hydrogens (tertiary/aromatic N) is 3. The van der Waals surface area contributed by atoms with Crippen LogP contribution in [0.1, 0.15) is 11.4 Å². The van der Waals surface area contributed by atoms with Crippen molar-refractivity contribution in [2.75, 3.05) is 20.3 Å². The molecule has 0 amide bonds. The van der Waals surface area contributed by atoms with E-state index in [9.17, 15) is 23.1 Å². The minimum absolute atomic E-state index is 0.0188. The molecule has 0 spiro atoms. The van der Waals surface area contributed by atoms with Crippen molar-refractivity contribution in [2.45, 2.75) is 12.8 Å². The first-order valence-electron chi connectivity index (χ1n) is 7.15. The van der Waals surface area contributed by atoms with Gasteiger partial charge in [-0.1, -0.05) is 6.07 Å². The molecule has 10 heteroatoms. The average molecular weight is 359 g/mol. The number of alkyl halides is 3. The van der Waals surface area contributed by atoms with Gasteiger partial charge in [0.1, 0.15) is 5.69 Å². The van der Waals surface area contributed by atoms with Gasteiger partial charge in [0.2, 0.25) is 0 Å². The zero-order chi connectivity index (χ0) is 18.6. The highest BCUT2D eigenvalue weighted by Crippen LogP contribution is 2.33. The van der Waals surface area contributed by atoms with Crippen LogP contribution in [0.4, 0.5) is 13.2 Å². The zero-order valence-electron chi connectivity index (χ0n) is 13.5. The van der Waals surface area contributed by atoms with Crippen LogP contribution >= 0.6 is 0 Å². The number of ether oxygens (including phenoxy) is 2. The molecule has 0 bridgehead atoms. The molecular formula is C15H16F3N3O4. The number of methoxy groups -OCH3 is 1. The molecule has 0 aliphatic rings. The minimum Gasteiger partial charge on any atom is -0.503 e. The molecule has 136 valence electrons. The van der Waals surface area contributed by atoms with Crippen LogP contribution < -0.4 is 5.56 Å². The van der Waals surface area contributed by atoms with Crippen LogP contribution in [-0.2, 0) is 29.3 Å². The van der Waals surface area contributed by atoms with Crippen LogP contribution in [0.15, 0.2) is 23.1 Å². The molecule has 7 nitrogen and oxygen atoms in total. The van der Waals surface area contributed by atoms with Gasteiger partial charge in [-0.25, -0.2) is 9.67 Å². The summed E-state index contributed by atoms with van der Waals surface area (Å²) < 4.78 is 49.7. The van der Waals surface area contributed by atoms with Gasteiger partial charge < -0.3 is 14.6 Å². The monoisotopic (exact) mass is 359 g/mol. The predicted molar refractivity (Wildman–Crippen MR) is 80.9 cm³/mol. The Morgan fingerprint density at radius 3 is 2.60 bits per heavy atom. The molecule has 0 saturated carbocycles. The Bertz CT molecular complexity index is 806. The van der Waals surface area contributed by atoms with Crippen molar-refractivity contribution in [2.24, 2.45) is 7.05 Å². The maximum atomic E-state index is 12.9. The molecule has 0 atom stereocenters. The molecule has 0 aromatic carbocycles. The number of rotatable bonds is 6. The lowest BCUT2D eigenvalue weighted by atomic mass is 10.0. The summed E-state index contributed by atoms with van der Waals surface area (Å²) in [5, 5.41) is 13.8. The van der Waals surface area contributed by atoms with Crippen LogP contribution in [0.25, 0.3) is 11.1 Å². The van der Waals surface area contributed by atoms with Crippen molar-refractivity contribution in [3.8, 4) is 16.9 Å². The Hall–Kier alpha value is -2.46. The Morgan fingerprint density at radius 2 is 1.96 bits per heavy atom. The molecule has 0 saturated heterocycles. The van der Waals surface area contributed by atoms with Gasteiger partial charge in [-0.05, 0) is 6.07 Å². The number of aromatic nitrogens is 3. The summed E-state index contributed by atoms with van der Waals surface area (Å²) >= 11 is 0. The fraction of sp³-hybridized carbons (Fsp3) is 0.400. The van der Waals surface area contributed by atoms with Crippen LogP contribution in [0.2, 0.25) is 0 Å². The van der Waals surface area contributed by atoms with E-state index >= 15 is 0 Å². The molecule has 2 aromatic rings. The third-order valence-corrected chi connectivity index (χ3v) is 3.34. The van der Waals surface area contributed by atoms with Gasteiger partial charge in [-0.2, -0.15) is 18.3 Å². The molecule has 25 heavy (non-hydrogen) atoms. The van der Waals surface area contributed by atoms with Crippen LogP contribution in [-0.4, -0.2) is 40.2 Å². The van der Waals surface area contributed by atoms with Gasteiger partial charge in [0.15, 0.2) is 5.75 Å². The summed E-state index contributed by atoms with van der Waals surface area (Å²) in [6, 6.07) is 1.89. The van der Waals surface area contributed by atoms with E-state index in [1.54, 1.807) is 0 Å². The summed E-state index contributed by atoms with van der Waals surface area (Å²) in [5.41, 5.74) is -1.83. The Kier molecular flexibility index (Phi) is 5.75. The van der Waals surface area contributed by atoms with Crippen molar-refractivity contribution >= 4 is 0 Å².